The molecule has 2 unspecified atom stereocenters. The maximum atomic E-state index is 6.02. The van der Waals surface area contributed by atoms with Gasteiger partial charge in [-0.25, -0.2) is 0 Å². The molecule has 1 aromatic carbocycles. The average molecular weight is 279 g/mol. The molecule has 1 aliphatic carbocycles. The Morgan fingerprint density at radius 3 is 2.83 bits per heavy atom. The summed E-state index contributed by atoms with van der Waals surface area (Å²) in [5, 5.41) is 0. The van der Waals surface area contributed by atoms with Gasteiger partial charge in [0.2, 0.25) is 0 Å². The predicted molar refractivity (Wildman–Crippen MR) is 76.9 cm³/mol. The molecular formula is C14H15ClN2S. The molecule has 2 aromatic rings. The summed E-state index contributed by atoms with van der Waals surface area (Å²) in [7, 11) is 0. The van der Waals surface area contributed by atoms with E-state index < -0.39 is 0 Å². The summed E-state index contributed by atoms with van der Waals surface area (Å²) in [5.74, 6) is 6.21. The van der Waals surface area contributed by atoms with Crippen LogP contribution in [-0.4, -0.2) is 0 Å². The summed E-state index contributed by atoms with van der Waals surface area (Å²) in [6.07, 6.45) is 2.28. The highest BCUT2D eigenvalue weighted by Gasteiger charge is 2.30. The minimum atomic E-state index is 0.158. The van der Waals surface area contributed by atoms with Gasteiger partial charge >= 0.3 is 0 Å². The van der Waals surface area contributed by atoms with Crippen molar-refractivity contribution < 1.29 is 0 Å². The number of nitrogens with two attached hydrogens (primary N) is 1. The van der Waals surface area contributed by atoms with Crippen molar-refractivity contribution in [3.8, 4) is 0 Å². The van der Waals surface area contributed by atoms with Gasteiger partial charge in [0.05, 0.1) is 10.4 Å². The van der Waals surface area contributed by atoms with E-state index >= 15 is 0 Å². The van der Waals surface area contributed by atoms with E-state index in [9.17, 15) is 0 Å². The normalized spacial score (nSPS) is 19.8. The molecule has 0 bridgehead atoms. The van der Waals surface area contributed by atoms with Crippen molar-refractivity contribution in [1.29, 1.82) is 0 Å². The number of benzene rings is 1. The summed E-state index contributed by atoms with van der Waals surface area (Å²) in [6, 6.07) is 12.8. The molecule has 0 spiro atoms. The van der Waals surface area contributed by atoms with E-state index in [2.05, 4.69) is 35.8 Å². The number of thiophene rings is 1. The van der Waals surface area contributed by atoms with Gasteiger partial charge in [-0.1, -0.05) is 35.9 Å². The zero-order valence-corrected chi connectivity index (χ0v) is 11.5. The fourth-order valence-electron chi connectivity index (χ4n) is 2.83. The first kappa shape index (κ1) is 12.2. The first-order valence-electron chi connectivity index (χ1n) is 6.09. The second-order valence-corrected chi connectivity index (χ2v) is 6.38. The van der Waals surface area contributed by atoms with Crippen molar-refractivity contribution in [1.82, 2.24) is 5.43 Å². The molecule has 2 atom stereocenters. The van der Waals surface area contributed by atoms with Gasteiger partial charge in [0, 0.05) is 10.8 Å². The molecule has 0 aliphatic heterocycles. The van der Waals surface area contributed by atoms with Gasteiger partial charge in [-0.05, 0) is 36.1 Å². The Balaban J connectivity index is 1.95. The maximum absolute atomic E-state index is 6.02. The van der Waals surface area contributed by atoms with Crippen LogP contribution in [-0.2, 0) is 6.42 Å². The number of halogens is 1. The van der Waals surface area contributed by atoms with Gasteiger partial charge in [-0.2, -0.15) is 0 Å². The fourth-order valence-corrected chi connectivity index (χ4v) is 4.02. The van der Waals surface area contributed by atoms with Crippen LogP contribution in [0.2, 0.25) is 4.34 Å². The Morgan fingerprint density at radius 1 is 1.28 bits per heavy atom. The van der Waals surface area contributed by atoms with Gasteiger partial charge in [-0.3, -0.25) is 11.3 Å². The zero-order valence-electron chi connectivity index (χ0n) is 9.90. The van der Waals surface area contributed by atoms with E-state index in [1.165, 1.54) is 16.0 Å². The number of hydrazine groups is 1. The highest BCUT2D eigenvalue weighted by Crippen LogP contribution is 2.43. The Morgan fingerprint density at radius 2 is 2.11 bits per heavy atom. The lowest BCUT2D eigenvalue weighted by molar-refractivity contribution is 0.459. The van der Waals surface area contributed by atoms with Gasteiger partial charge < -0.3 is 0 Å². The maximum Gasteiger partial charge on any atom is 0.0931 e. The SMILES string of the molecule is NNC(c1ccc(Cl)s1)C1CCc2ccccc21. The molecule has 0 fully saturated rings. The van der Waals surface area contributed by atoms with E-state index in [0.29, 0.717) is 5.92 Å². The highest BCUT2D eigenvalue weighted by atomic mass is 35.5. The van der Waals surface area contributed by atoms with E-state index in [0.717, 1.165) is 17.2 Å². The third kappa shape index (κ3) is 2.08. The molecule has 94 valence electrons. The first-order valence-corrected chi connectivity index (χ1v) is 7.28. The predicted octanol–water partition coefficient (Wildman–Crippen LogP) is 3.64. The van der Waals surface area contributed by atoms with Crippen LogP contribution < -0.4 is 11.3 Å². The third-order valence-corrected chi connectivity index (χ3v) is 4.98. The number of hydrogen-bond donors (Lipinski definition) is 2. The van der Waals surface area contributed by atoms with E-state index in [4.69, 9.17) is 17.4 Å². The van der Waals surface area contributed by atoms with Gasteiger partial charge in [0.15, 0.2) is 0 Å². The quantitative estimate of drug-likeness (QED) is 0.665. The smallest absolute Gasteiger partial charge is 0.0931 e. The zero-order chi connectivity index (χ0) is 12.5. The van der Waals surface area contributed by atoms with Crippen molar-refractivity contribution >= 4 is 22.9 Å². The van der Waals surface area contributed by atoms with Crippen LogP contribution in [0, 0.1) is 0 Å². The van der Waals surface area contributed by atoms with Gasteiger partial charge in [0.1, 0.15) is 0 Å². The van der Waals surface area contributed by atoms with Crippen LogP contribution in [0.4, 0.5) is 0 Å². The molecule has 3 rings (SSSR count). The Kier molecular flexibility index (Phi) is 3.39. The molecule has 1 aliphatic rings. The largest absolute Gasteiger partial charge is 0.271 e. The molecule has 18 heavy (non-hydrogen) atoms. The highest BCUT2D eigenvalue weighted by molar-refractivity contribution is 7.16. The molecule has 0 saturated heterocycles. The van der Waals surface area contributed by atoms with Gasteiger partial charge in [-0.15, -0.1) is 11.3 Å². The lowest BCUT2D eigenvalue weighted by atomic mass is 9.92. The minimum absolute atomic E-state index is 0.158. The van der Waals surface area contributed by atoms with E-state index in [-0.39, 0.29) is 6.04 Å². The summed E-state index contributed by atoms with van der Waals surface area (Å²) < 4.78 is 0.816. The summed E-state index contributed by atoms with van der Waals surface area (Å²) >= 11 is 7.62. The number of nitrogens with one attached hydrogen (secondary N) is 1. The number of aryl methyl sites for hydroxylation is 1. The molecule has 0 saturated carbocycles. The van der Waals surface area contributed by atoms with Crippen molar-refractivity contribution in [2.24, 2.45) is 5.84 Å². The Bertz CT molecular complexity index is 552. The lowest BCUT2D eigenvalue weighted by Gasteiger charge is -2.22. The summed E-state index contributed by atoms with van der Waals surface area (Å²) in [6.45, 7) is 0. The molecule has 0 amide bonds. The molecule has 3 N–H and O–H groups in total. The Labute approximate surface area is 116 Å². The van der Waals surface area contributed by atoms with Crippen LogP contribution in [0.1, 0.15) is 34.4 Å². The van der Waals surface area contributed by atoms with Gasteiger partial charge in [0.25, 0.3) is 0 Å². The topological polar surface area (TPSA) is 38.0 Å². The number of fused-ring (bicyclic) bond motifs is 1. The van der Waals surface area contributed by atoms with Crippen LogP contribution in [0.25, 0.3) is 0 Å². The average Bonchev–Trinajstić information content (AvgIpc) is 2.98. The summed E-state index contributed by atoms with van der Waals surface area (Å²) in [4.78, 5) is 1.21. The molecular weight excluding hydrogens is 264 g/mol. The fraction of sp³-hybridized carbons (Fsp3) is 0.286. The van der Waals surface area contributed by atoms with E-state index in [1.807, 2.05) is 6.07 Å². The lowest BCUT2D eigenvalue weighted by Crippen LogP contribution is -2.31. The second-order valence-electron chi connectivity index (χ2n) is 4.63. The van der Waals surface area contributed by atoms with Crippen molar-refractivity contribution in [3.05, 3.63) is 56.7 Å². The summed E-state index contributed by atoms with van der Waals surface area (Å²) in [5.41, 5.74) is 5.84. The molecule has 4 heteroatoms. The molecule has 2 nitrogen and oxygen atoms in total. The van der Waals surface area contributed by atoms with Crippen LogP contribution >= 0.6 is 22.9 Å². The monoisotopic (exact) mass is 278 g/mol. The standard InChI is InChI=1S/C14H15ClN2S/c15-13-8-7-12(18-13)14(17-16)11-6-5-9-3-1-2-4-10(9)11/h1-4,7-8,11,14,17H,5-6,16H2. The number of rotatable bonds is 3. The van der Waals surface area contributed by atoms with Crippen molar-refractivity contribution in [3.63, 3.8) is 0 Å². The molecule has 1 aromatic heterocycles. The van der Waals surface area contributed by atoms with Crippen LogP contribution in [0.15, 0.2) is 36.4 Å². The Hall–Kier alpha value is -0.870. The minimum Gasteiger partial charge on any atom is -0.271 e. The van der Waals surface area contributed by atoms with Crippen LogP contribution in [0.5, 0.6) is 0 Å². The van der Waals surface area contributed by atoms with Crippen molar-refractivity contribution in [2.45, 2.75) is 24.8 Å². The number of hydrogen-bond acceptors (Lipinski definition) is 3. The molecule has 0 radical (unpaired) electrons. The third-order valence-electron chi connectivity index (χ3n) is 3.66. The van der Waals surface area contributed by atoms with E-state index in [1.54, 1.807) is 11.3 Å². The van der Waals surface area contributed by atoms with Crippen LogP contribution in [0.3, 0.4) is 0 Å². The van der Waals surface area contributed by atoms with Crippen molar-refractivity contribution in [2.75, 3.05) is 0 Å². The second kappa shape index (κ2) is 5.02. The molecule has 1 heterocycles. The first-order chi connectivity index (χ1) is 8.79.